The van der Waals surface area contributed by atoms with E-state index in [2.05, 4.69) is 44.3 Å². The molecule has 3 heteroatoms. The number of nitrogens with one attached hydrogen (secondary N) is 1. The van der Waals surface area contributed by atoms with Crippen LogP contribution in [0.2, 0.25) is 0 Å². The SMILES string of the molecule is CCCNC(=O)C(C)Sc1ccc(C)cc1C. The van der Waals surface area contributed by atoms with E-state index in [0.717, 1.165) is 13.0 Å². The molecule has 0 bridgehead atoms. The molecule has 0 saturated carbocycles. The minimum Gasteiger partial charge on any atom is -0.355 e. The molecule has 0 aliphatic rings. The summed E-state index contributed by atoms with van der Waals surface area (Å²) in [5, 5.41) is 2.88. The van der Waals surface area contributed by atoms with Crippen molar-refractivity contribution in [1.29, 1.82) is 0 Å². The molecule has 2 nitrogen and oxygen atoms in total. The van der Waals surface area contributed by atoms with Crippen LogP contribution in [-0.2, 0) is 4.79 Å². The number of rotatable bonds is 5. The standard InChI is InChI=1S/C14H21NOS/c1-5-8-15-14(16)12(4)17-13-7-6-10(2)9-11(13)3/h6-7,9,12H,5,8H2,1-4H3,(H,15,16). The van der Waals surface area contributed by atoms with Crippen LogP contribution >= 0.6 is 11.8 Å². The number of amides is 1. The summed E-state index contributed by atoms with van der Waals surface area (Å²) in [7, 11) is 0. The average molecular weight is 251 g/mol. The van der Waals surface area contributed by atoms with Gasteiger partial charge in [-0.3, -0.25) is 4.79 Å². The average Bonchev–Trinajstić information content (AvgIpc) is 2.29. The van der Waals surface area contributed by atoms with Gasteiger partial charge in [-0.15, -0.1) is 11.8 Å². The number of aryl methyl sites for hydroxylation is 2. The number of benzene rings is 1. The third-order valence-electron chi connectivity index (χ3n) is 2.55. The fraction of sp³-hybridized carbons (Fsp3) is 0.500. The molecule has 1 aromatic rings. The van der Waals surface area contributed by atoms with Crippen molar-refractivity contribution in [2.24, 2.45) is 0 Å². The second kappa shape index (κ2) is 6.70. The topological polar surface area (TPSA) is 29.1 Å². The zero-order valence-corrected chi connectivity index (χ0v) is 11.9. The van der Waals surface area contributed by atoms with E-state index in [1.165, 1.54) is 16.0 Å². The van der Waals surface area contributed by atoms with E-state index in [1.807, 2.05) is 6.92 Å². The minimum atomic E-state index is -0.0389. The molecule has 0 spiro atoms. The predicted octanol–water partition coefficient (Wildman–Crippen LogP) is 3.31. The summed E-state index contributed by atoms with van der Waals surface area (Å²) >= 11 is 1.63. The molecule has 1 aromatic carbocycles. The highest BCUT2D eigenvalue weighted by Crippen LogP contribution is 2.27. The van der Waals surface area contributed by atoms with Gasteiger partial charge in [-0.25, -0.2) is 0 Å². The molecule has 1 N–H and O–H groups in total. The zero-order chi connectivity index (χ0) is 12.8. The molecule has 0 aliphatic carbocycles. The summed E-state index contributed by atoms with van der Waals surface area (Å²) in [6.07, 6.45) is 0.979. The molecule has 1 amide bonds. The highest BCUT2D eigenvalue weighted by atomic mass is 32.2. The first-order chi connectivity index (χ1) is 8.04. The van der Waals surface area contributed by atoms with E-state index in [4.69, 9.17) is 0 Å². The first kappa shape index (κ1) is 14.1. The molecule has 1 unspecified atom stereocenters. The summed E-state index contributed by atoms with van der Waals surface area (Å²) in [6, 6.07) is 6.34. The Balaban J connectivity index is 2.61. The van der Waals surface area contributed by atoms with Crippen molar-refractivity contribution >= 4 is 17.7 Å². The molecule has 1 atom stereocenters. The Hall–Kier alpha value is -0.960. The number of thioether (sulfide) groups is 1. The Morgan fingerprint density at radius 1 is 1.41 bits per heavy atom. The van der Waals surface area contributed by atoms with Gasteiger partial charge >= 0.3 is 0 Å². The molecular weight excluding hydrogens is 230 g/mol. The van der Waals surface area contributed by atoms with Gasteiger partial charge in [0.1, 0.15) is 0 Å². The molecule has 0 saturated heterocycles. The zero-order valence-electron chi connectivity index (χ0n) is 11.0. The Bertz CT molecular complexity index is 390. The highest BCUT2D eigenvalue weighted by molar-refractivity contribution is 8.00. The van der Waals surface area contributed by atoms with Gasteiger partial charge in [-0.1, -0.05) is 24.6 Å². The van der Waals surface area contributed by atoms with Crippen LogP contribution in [0.5, 0.6) is 0 Å². The number of hydrogen-bond acceptors (Lipinski definition) is 2. The van der Waals surface area contributed by atoms with E-state index in [0.29, 0.717) is 0 Å². The summed E-state index contributed by atoms with van der Waals surface area (Å²) in [5.41, 5.74) is 2.50. The van der Waals surface area contributed by atoms with Gasteiger partial charge in [0.15, 0.2) is 0 Å². The lowest BCUT2D eigenvalue weighted by molar-refractivity contribution is -0.120. The monoisotopic (exact) mass is 251 g/mol. The van der Waals surface area contributed by atoms with Gasteiger partial charge in [-0.05, 0) is 38.8 Å². The van der Waals surface area contributed by atoms with Crippen molar-refractivity contribution in [1.82, 2.24) is 5.32 Å². The van der Waals surface area contributed by atoms with Crippen molar-refractivity contribution in [3.8, 4) is 0 Å². The number of hydrogen-bond donors (Lipinski definition) is 1. The normalized spacial score (nSPS) is 12.2. The van der Waals surface area contributed by atoms with Gasteiger partial charge in [-0.2, -0.15) is 0 Å². The van der Waals surface area contributed by atoms with Gasteiger partial charge in [0.05, 0.1) is 5.25 Å². The van der Waals surface area contributed by atoms with Crippen LogP contribution in [0.15, 0.2) is 23.1 Å². The largest absolute Gasteiger partial charge is 0.355 e. The minimum absolute atomic E-state index is 0.0389. The second-order valence-electron chi connectivity index (χ2n) is 4.32. The van der Waals surface area contributed by atoms with Crippen molar-refractivity contribution in [2.75, 3.05) is 6.54 Å². The van der Waals surface area contributed by atoms with Gasteiger partial charge in [0.2, 0.25) is 5.91 Å². The second-order valence-corrected chi connectivity index (χ2v) is 5.70. The Morgan fingerprint density at radius 2 is 2.12 bits per heavy atom. The van der Waals surface area contributed by atoms with Crippen molar-refractivity contribution in [3.05, 3.63) is 29.3 Å². The van der Waals surface area contributed by atoms with Crippen molar-refractivity contribution in [3.63, 3.8) is 0 Å². The summed E-state index contributed by atoms with van der Waals surface area (Å²) in [4.78, 5) is 12.9. The van der Waals surface area contributed by atoms with Crippen LogP contribution in [0.3, 0.4) is 0 Å². The van der Waals surface area contributed by atoms with Crippen molar-refractivity contribution in [2.45, 2.75) is 44.3 Å². The fourth-order valence-corrected chi connectivity index (χ4v) is 2.53. The first-order valence-corrected chi connectivity index (χ1v) is 6.94. The van der Waals surface area contributed by atoms with Crippen LogP contribution in [0, 0.1) is 13.8 Å². The van der Waals surface area contributed by atoms with Crippen LogP contribution in [0.4, 0.5) is 0 Å². The quantitative estimate of drug-likeness (QED) is 0.813. The van der Waals surface area contributed by atoms with E-state index in [-0.39, 0.29) is 11.2 Å². The highest BCUT2D eigenvalue weighted by Gasteiger charge is 2.14. The van der Waals surface area contributed by atoms with Crippen LogP contribution in [0.25, 0.3) is 0 Å². The van der Waals surface area contributed by atoms with Crippen LogP contribution < -0.4 is 5.32 Å². The maximum absolute atomic E-state index is 11.8. The van der Waals surface area contributed by atoms with E-state index in [9.17, 15) is 4.79 Å². The Morgan fingerprint density at radius 3 is 2.71 bits per heavy atom. The summed E-state index contributed by atoms with van der Waals surface area (Å²) in [6.45, 7) is 8.94. The van der Waals surface area contributed by atoms with E-state index in [1.54, 1.807) is 11.8 Å². The van der Waals surface area contributed by atoms with Crippen molar-refractivity contribution < 1.29 is 4.79 Å². The third kappa shape index (κ3) is 4.43. The molecule has 0 aliphatic heterocycles. The maximum Gasteiger partial charge on any atom is 0.233 e. The number of carbonyl (C=O) groups is 1. The van der Waals surface area contributed by atoms with Crippen LogP contribution in [0.1, 0.15) is 31.4 Å². The lowest BCUT2D eigenvalue weighted by atomic mass is 10.2. The van der Waals surface area contributed by atoms with E-state index < -0.39 is 0 Å². The Labute approximate surface area is 108 Å². The smallest absolute Gasteiger partial charge is 0.233 e. The lowest BCUT2D eigenvalue weighted by Gasteiger charge is -2.13. The first-order valence-electron chi connectivity index (χ1n) is 6.06. The molecule has 0 radical (unpaired) electrons. The summed E-state index contributed by atoms with van der Waals surface area (Å²) in [5.74, 6) is 0.122. The molecule has 94 valence electrons. The molecule has 17 heavy (non-hydrogen) atoms. The van der Waals surface area contributed by atoms with Gasteiger partial charge < -0.3 is 5.32 Å². The van der Waals surface area contributed by atoms with Gasteiger partial charge in [0.25, 0.3) is 0 Å². The predicted molar refractivity (Wildman–Crippen MR) is 74.5 cm³/mol. The Kier molecular flexibility index (Phi) is 5.56. The molecule has 0 aromatic heterocycles. The molecular formula is C14H21NOS. The van der Waals surface area contributed by atoms with Crippen LogP contribution in [-0.4, -0.2) is 17.7 Å². The maximum atomic E-state index is 11.8. The fourth-order valence-electron chi connectivity index (χ4n) is 1.57. The van der Waals surface area contributed by atoms with Gasteiger partial charge in [0, 0.05) is 11.4 Å². The third-order valence-corrected chi connectivity index (χ3v) is 3.83. The molecule has 0 fully saturated rings. The lowest BCUT2D eigenvalue weighted by Crippen LogP contribution is -2.31. The molecule has 0 heterocycles. The van der Waals surface area contributed by atoms with E-state index >= 15 is 0 Å². The summed E-state index contributed by atoms with van der Waals surface area (Å²) < 4.78 is 0. The molecule has 1 rings (SSSR count). The number of carbonyl (C=O) groups excluding carboxylic acids is 1.